The fourth-order valence-corrected chi connectivity index (χ4v) is 3.98. The Bertz CT molecular complexity index is 946. The van der Waals surface area contributed by atoms with Crippen molar-refractivity contribution in [3.05, 3.63) is 48.0 Å². The molecule has 1 amide bonds. The van der Waals surface area contributed by atoms with Gasteiger partial charge in [-0.15, -0.1) is 0 Å². The monoisotopic (exact) mass is 394 g/mol. The van der Waals surface area contributed by atoms with Crippen LogP contribution in [0.5, 0.6) is 0 Å². The lowest BCUT2D eigenvalue weighted by molar-refractivity contribution is -0.130. The lowest BCUT2D eigenvalue weighted by Crippen LogP contribution is -2.29. The summed E-state index contributed by atoms with van der Waals surface area (Å²) in [5.41, 5.74) is 3.48. The molecule has 0 N–H and O–H groups in total. The van der Waals surface area contributed by atoms with Crippen LogP contribution in [0.25, 0.3) is 11.3 Å². The molecule has 8 nitrogen and oxygen atoms in total. The summed E-state index contributed by atoms with van der Waals surface area (Å²) in [4.78, 5) is 23.6. The van der Waals surface area contributed by atoms with Crippen molar-refractivity contribution in [3.63, 3.8) is 0 Å². The van der Waals surface area contributed by atoms with Gasteiger partial charge in [-0.25, -0.2) is 4.98 Å². The van der Waals surface area contributed by atoms with Gasteiger partial charge < -0.3 is 9.42 Å². The van der Waals surface area contributed by atoms with Crippen LogP contribution in [-0.4, -0.2) is 48.8 Å². The summed E-state index contributed by atoms with van der Waals surface area (Å²) in [6.45, 7) is 6.18. The van der Waals surface area contributed by atoms with Crippen molar-refractivity contribution in [2.45, 2.75) is 46.1 Å². The van der Waals surface area contributed by atoms with Crippen molar-refractivity contribution in [1.82, 2.24) is 29.8 Å². The second-order valence-corrected chi connectivity index (χ2v) is 7.67. The molecule has 1 atom stereocenters. The average molecular weight is 394 g/mol. The summed E-state index contributed by atoms with van der Waals surface area (Å²) in [6, 6.07) is 1.90. The van der Waals surface area contributed by atoms with Gasteiger partial charge in [-0.2, -0.15) is 5.10 Å². The van der Waals surface area contributed by atoms with E-state index in [4.69, 9.17) is 9.51 Å². The Labute approximate surface area is 169 Å². The highest BCUT2D eigenvalue weighted by Gasteiger charge is 2.26. The molecule has 0 saturated carbocycles. The fraction of sp³-hybridized carbons (Fsp3) is 0.476. The van der Waals surface area contributed by atoms with Gasteiger partial charge in [-0.3, -0.25) is 14.5 Å². The van der Waals surface area contributed by atoms with Crippen LogP contribution in [0.15, 0.2) is 35.4 Å². The van der Waals surface area contributed by atoms with Gasteiger partial charge in [0.1, 0.15) is 5.76 Å². The van der Waals surface area contributed by atoms with Crippen LogP contribution in [0.4, 0.5) is 0 Å². The molecule has 3 aromatic heterocycles. The maximum atomic E-state index is 12.5. The topological polar surface area (TPSA) is 89.9 Å². The number of hydrogen-bond acceptors (Lipinski definition) is 6. The van der Waals surface area contributed by atoms with Gasteiger partial charge in [0, 0.05) is 44.6 Å². The molecule has 0 spiro atoms. The highest BCUT2D eigenvalue weighted by atomic mass is 16.5. The Kier molecular flexibility index (Phi) is 5.69. The Balaban J connectivity index is 1.31. The zero-order chi connectivity index (χ0) is 20.2. The van der Waals surface area contributed by atoms with E-state index in [0.29, 0.717) is 12.3 Å². The number of likely N-dealkylation sites (tertiary alicyclic amines) is 1. The van der Waals surface area contributed by atoms with Crippen LogP contribution in [-0.2, 0) is 17.8 Å². The summed E-state index contributed by atoms with van der Waals surface area (Å²) in [6.07, 6.45) is 10.4. The minimum atomic E-state index is 0.232. The molecule has 0 radical (unpaired) electrons. The summed E-state index contributed by atoms with van der Waals surface area (Å²) < 4.78 is 7.12. The van der Waals surface area contributed by atoms with Crippen molar-refractivity contribution in [2.75, 3.05) is 13.1 Å². The number of nitrogens with zero attached hydrogens (tertiary/aromatic N) is 6. The lowest BCUT2D eigenvalue weighted by atomic mass is 10.0. The Morgan fingerprint density at radius 2 is 2.21 bits per heavy atom. The number of carbonyl (C=O) groups excluding carboxylic acids is 1. The number of aromatic nitrogens is 5. The van der Waals surface area contributed by atoms with E-state index in [1.165, 1.54) is 0 Å². The summed E-state index contributed by atoms with van der Waals surface area (Å²) in [7, 11) is 0. The normalized spacial score (nSPS) is 16.5. The standard InChI is InChI=1S/C21H26N6O2/c1-15-21(16(2)29-25-15)19-13-22-12-18(24-19)11-17-6-10-26(14-17)20(28)5-3-8-27-9-4-7-23-27/h4,7,9,12-13,17H,3,5-6,8,10-11,14H2,1-2H3/t17-/m0/s1. The first-order chi connectivity index (χ1) is 14.1. The molecule has 0 aliphatic carbocycles. The van der Waals surface area contributed by atoms with Gasteiger partial charge in [0.2, 0.25) is 5.91 Å². The number of aryl methyl sites for hydroxylation is 3. The first kappa shape index (κ1) is 19.3. The number of rotatable bonds is 7. The second kappa shape index (κ2) is 8.55. The van der Waals surface area contributed by atoms with E-state index in [1.54, 1.807) is 12.4 Å². The van der Waals surface area contributed by atoms with Gasteiger partial charge in [-0.1, -0.05) is 5.16 Å². The summed E-state index contributed by atoms with van der Waals surface area (Å²) in [5, 5.41) is 8.18. The number of carbonyl (C=O) groups is 1. The molecule has 152 valence electrons. The van der Waals surface area contributed by atoms with Gasteiger partial charge in [0.15, 0.2) is 0 Å². The van der Waals surface area contributed by atoms with E-state index >= 15 is 0 Å². The number of hydrogen-bond donors (Lipinski definition) is 0. The highest BCUT2D eigenvalue weighted by Crippen LogP contribution is 2.26. The van der Waals surface area contributed by atoms with Crippen LogP contribution >= 0.6 is 0 Å². The predicted octanol–water partition coefficient (Wildman–Crippen LogP) is 2.82. The van der Waals surface area contributed by atoms with Crippen LogP contribution in [0.1, 0.15) is 36.4 Å². The van der Waals surface area contributed by atoms with Gasteiger partial charge >= 0.3 is 0 Å². The lowest BCUT2D eigenvalue weighted by Gasteiger charge is -2.16. The molecule has 3 aromatic rings. The van der Waals surface area contributed by atoms with Crippen molar-refractivity contribution in [1.29, 1.82) is 0 Å². The maximum Gasteiger partial charge on any atom is 0.222 e. The molecular formula is C21H26N6O2. The van der Waals surface area contributed by atoms with E-state index in [-0.39, 0.29) is 5.91 Å². The van der Waals surface area contributed by atoms with Crippen LogP contribution in [0.3, 0.4) is 0 Å². The zero-order valence-electron chi connectivity index (χ0n) is 16.9. The maximum absolute atomic E-state index is 12.5. The first-order valence-corrected chi connectivity index (χ1v) is 10.1. The molecule has 0 bridgehead atoms. The molecule has 1 saturated heterocycles. The van der Waals surface area contributed by atoms with Crippen molar-refractivity contribution >= 4 is 5.91 Å². The Morgan fingerprint density at radius 3 is 2.97 bits per heavy atom. The summed E-state index contributed by atoms with van der Waals surface area (Å²) in [5.74, 6) is 1.40. The molecule has 0 unspecified atom stereocenters. The molecule has 4 rings (SSSR count). The quantitative estimate of drug-likeness (QED) is 0.612. The zero-order valence-corrected chi connectivity index (χ0v) is 16.9. The SMILES string of the molecule is Cc1noc(C)c1-c1cncc(C[C@@H]2CCN(C(=O)CCCn3cccn3)C2)n1. The van der Waals surface area contributed by atoms with Crippen molar-refractivity contribution in [2.24, 2.45) is 5.92 Å². The van der Waals surface area contributed by atoms with E-state index < -0.39 is 0 Å². The average Bonchev–Trinajstić information content (AvgIpc) is 3.45. The third-order valence-corrected chi connectivity index (χ3v) is 5.45. The van der Waals surface area contributed by atoms with Gasteiger partial charge in [0.25, 0.3) is 0 Å². The van der Waals surface area contributed by atoms with E-state index in [2.05, 4.69) is 15.2 Å². The van der Waals surface area contributed by atoms with E-state index in [0.717, 1.165) is 67.3 Å². The molecule has 1 aliphatic heterocycles. The molecule has 0 aromatic carbocycles. The van der Waals surface area contributed by atoms with Crippen molar-refractivity contribution < 1.29 is 9.32 Å². The molecule has 1 fully saturated rings. The van der Waals surface area contributed by atoms with Crippen molar-refractivity contribution in [3.8, 4) is 11.3 Å². The van der Waals surface area contributed by atoms with Crippen LogP contribution in [0, 0.1) is 19.8 Å². The highest BCUT2D eigenvalue weighted by molar-refractivity contribution is 5.76. The predicted molar refractivity (Wildman–Crippen MR) is 107 cm³/mol. The third-order valence-electron chi connectivity index (χ3n) is 5.45. The van der Waals surface area contributed by atoms with Gasteiger partial charge in [0.05, 0.1) is 28.8 Å². The third kappa shape index (κ3) is 4.52. The van der Waals surface area contributed by atoms with Crippen LogP contribution in [0.2, 0.25) is 0 Å². The molecular weight excluding hydrogens is 368 g/mol. The summed E-state index contributed by atoms with van der Waals surface area (Å²) >= 11 is 0. The molecule has 8 heteroatoms. The van der Waals surface area contributed by atoms with E-state index in [1.807, 2.05) is 41.9 Å². The molecule has 1 aliphatic rings. The van der Waals surface area contributed by atoms with Gasteiger partial charge in [-0.05, 0) is 45.1 Å². The molecule has 29 heavy (non-hydrogen) atoms. The minimum Gasteiger partial charge on any atom is -0.361 e. The Hall–Kier alpha value is -3.03. The Morgan fingerprint density at radius 1 is 1.31 bits per heavy atom. The second-order valence-electron chi connectivity index (χ2n) is 7.67. The van der Waals surface area contributed by atoms with Crippen LogP contribution < -0.4 is 0 Å². The number of amides is 1. The smallest absolute Gasteiger partial charge is 0.222 e. The van der Waals surface area contributed by atoms with E-state index in [9.17, 15) is 4.79 Å². The minimum absolute atomic E-state index is 0.232. The molecule has 4 heterocycles. The largest absolute Gasteiger partial charge is 0.361 e. The first-order valence-electron chi connectivity index (χ1n) is 10.1. The fourth-order valence-electron chi connectivity index (χ4n) is 3.98.